The fraction of sp³-hybridized carbons (Fsp3) is 0.400. The van der Waals surface area contributed by atoms with E-state index < -0.39 is 10.8 Å². The Kier molecular flexibility index (Phi) is 8.55. The zero-order chi connectivity index (χ0) is 28.1. The molecule has 9 heteroatoms. The number of methoxy groups -OCH3 is 1. The second kappa shape index (κ2) is 12.0. The summed E-state index contributed by atoms with van der Waals surface area (Å²) >= 11 is 0. The molecule has 0 saturated heterocycles. The number of nitro benzene ring substituents is 1. The summed E-state index contributed by atoms with van der Waals surface area (Å²) in [6.07, 6.45) is 3.00. The second-order valence-corrected chi connectivity index (χ2v) is 9.78. The van der Waals surface area contributed by atoms with Gasteiger partial charge < -0.3 is 19.5 Å². The molecule has 4 rings (SSSR count). The van der Waals surface area contributed by atoms with Crippen molar-refractivity contribution >= 4 is 11.5 Å². The van der Waals surface area contributed by atoms with Gasteiger partial charge in [0.15, 0.2) is 11.5 Å². The first kappa shape index (κ1) is 27.7. The van der Waals surface area contributed by atoms with Crippen LogP contribution < -0.4 is 19.5 Å². The van der Waals surface area contributed by atoms with Crippen molar-refractivity contribution in [3.05, 3.63) is 80.2 Å². The van der Waals surface area contributed by atoms with E-state index >= 15 is 0 Å². The van der Waals surface area contributed by atoms with E-state index in [0.717, 1.165) is 24.1 Å². The number of allylic oxidation sites excluding steroid dienone is 4. The summed E-state index contributed by atoms with van der Waals surface area (Å²) in [5.41, 5.74) is 3.23. The number of dihydropyridines is 1. The number of hydrogen-bond donors (Lipinski definition) is 1. The van der Waals surface area contributed by atoms with E-state index in [0.29, 0.717) is 41.0 Å². The predicted molar refractivity (Wildman–Crippen MR) is 145 cm³/mol. The van der Waals surface area contributed by atoms with Gasteiger partial charge in [-0.25, -0.2) is 0 Å². The van der Waals surface area contributed by atoms with Gasteiger partial charge in [0.2, 0.25) is 5.75 Å². The molecule has 1 aliphatic carbocycles. The van der Waals surface area contributed by atoms with Crippen LogP contribution in [-0.2, 0) is 11.4 Å². The summed E-state index contributed by atoms with van der Waals surface area (Å²) in [5.74, 6) is 0.288. The van der Waals surface area contributed by atoms with Gasteiger partial charge >= 0.3 is 5.69 Å². The van der Waals surface area contributed by atoms with Gasteiger partial charge in [0.1, 0.15) is 12.4 Å². The quantitative estimate of drug-likeness (QED) is 0.288. The van der Waals surface area contributed by atoms with Crippen molar-refractivity contribution in [1.29, 1.82) is 5.26 Å². The lowest BCUT2D eigenvalue weighted by atomic mass is 9.72. The average Bonchev–Trinajstić information content (AvgIpc) is 2.91. The SMILES string of the molecule is CCCC1CC(=O)C2=C(C1)NC(C)=C(C#N)C2c1cc(OCC)c(OCc2cccc(OC)c2)c([N+](=O)[O-])c1. The second-order valence-electron chi connectivity index (χ2n) is 9.78. The number of ether oxygens (including phenoxy) is 3. The lowest BCUT2D eigenvalue weighted by Gasteiger charge is -2.35. The van der Waals surface area contributed by atoms with Crippen molar-refractivity contribution in [2.75, 3.05) is 13.7 Å². The van der Waals surface area contributed by atoms with Gasteiger partial charge in [-0.1, -0.05) is 25.5 Å². The molecule has 2 aromatic carbocycles. The number of benzene rings is 2. The van der Waals surface area contributed by atoms with Crippen LogP contribution >= 0.6 is 0 Å². The van der Waals surface area contributed by atoms with Crippen molar-refractivity contribution < 1.29 is 23.9 Å². The van der Waals surface area contributed by atoms with E-state index in [1.54, 1.807) is 39.2 Å². The number of hydrogen-bond acceptors (Lipinski definition) is 8. The lowest BCUT2D eigenvalue weighted by molar-refractivity contribution is -0.386. The number of Topliss-reactive ketones (excluding diaryl/α,β-unsaturated/α-hetero) is 1. The molecular weight excluding hydrogens is 498 g/mol. The van der Waals surface area contributed by atoms with Gasteiger partial charge in [0.25, 0.3) is 0 Å². The molecule has 2 aromatic rings. The highest BCUT2D eigenvalue weighted by atomic mass is 16.6. The highest BCUT2D eigenvalue weighted by molar-refractivity contribution is 6.00. The molecule has 0 radical (unpaired) electrons. The van der Waals surface area contributed by atoms with Crippen LogP contribution in [0.15, 0.2) is 58.9 Å². The molecule has 2 aliphatic rings. The van der Waals surface area contributed by atoms with E-state index in [4.69, 9.17) is 14.2 Å². The lowest BCUT2D eigenvalue weighted by Crippen LogP contribution is -2.34. The van der Waals surface area contributed by atoms with Crippen molar-refractivity contribution in [1.82, 2.24) is 5.32 Å². The number of rotatable bonds is 10. The largest absolute Gasteiger partial charge is 0.497 e. The Hall–Kier alpha value is -4.32. The minimum absolute atomic E-state index is 0.00579. The first-order valence-corrected chi connectivity index (χ1v) is 13.2. The maximum Gasteiger partial charge on any atom is 0.315 e. The number of nitrogens with one attached hydrogen (secondary N) is 1. The number of nitrogens with zero attached hydrogens (tertiary/aromatic N) is 2. The number of nitro groups is 1. The molecule has 39 heavy (non-hydrogen) atoms. The molecular formula is C30H33N3O6. The van der Waals surface area contributed by atoms with Crippen LogP contribution in [0.4, 0.5) is 5.69 Å². The molecule has 2 atom stereocenters. The van der Waals surface area contributed by atoms with Gasteiger partial charge in [0.05, 0.1) is 36.2 Å². The highest BCUT2D eigenvalue weighted by Crippen LogP contribution is 2.48. The summed E-state index contributed by atoms with van der Waals surface area (Å²) in [7, 11) is 1.56. The monoisotopic (exact) mass is 531 g/mol. The van der Waals surface area contributed by atoms with Crippen molar-refractivity contribution in [2.45, 2.75) is 59.0 Å². The van der Waals surface area contributed by atoms with Crippen LogP contribution in [0.1, 0.15) is 63.5 Å². The van der Waals surface area contributed by atoms with Crippen LogP contribution in [0.3, 0.4) is 0 Å². The molecule has 1 aliphatic heterocycles. The van der Waals surface area contributed by atoms with Crippen LogP contribution in [0.25, 0.3) is 0 Å². The van der Waals surface area contributed by atoms with Crippen molar-refractivity contribution in [3.63, 3.8) is 0 Å². The van der Waals surface area contributed by atoms with Crippen LogP contribution in [-0.4, -0.2) is 24.4 Å². The fourth-order valence-corrected chi connectivity index (χ4v) is 5.45. The molecule has 204 valence electrons. The summed E-state index contributed by atoms with van der Waals surface area (Å²) in [5, 5.41) is 25.7. The summed E-state index contributed by atoms with van der Waals surface area (Å²) in [6, 6.07) is 12.5. The van der Waals surface area contributed by atoms with E-state index in [2.05, 4.69) is 18.3 Å². The standard InChI is InChI=1S/C30H33N3O6/c1-5-8-19-12-24-29(26(34)13-19)28(23(16-31)18(3)32-24)21-14-25(33(35)36)30(27(15-21)38-6-2)39-17-20-9-7-10-22(11-20)37-4/h7,9-11,14-15,19,28,32H,5-6,8,12-13,17H2,1-4H3. The summed E-state index contributed by atoms with van der Waals surface area (Å²) < 4.78 is 17.1. The maximum absolute atomic E-state index is 13.4. The van der Waals surface area contributed by atoms with Crippen molar-refractivity contribution in [3.8, 4) is 23.3 Å². The molecule has 0 spiro atoms. The molecule has 0 amide bonds. The van der Waals surface area contributed by atoms with Gasteiger partial charge in [0, 0.05) is 29.5 Å². The Bertz CT molecular complexity index is 1390. The van der Waals surface area contributed by atoms with Gasteiger partial charge in [-0.15, -0.1) is 0 Å². The molecule has 1 heterocycles. The third kappa shape index (κ3) is 5.75. The Morgan fingerprint density at radius 1 is 1.18 bits per heavy atom. The molecule has 0 aromatic heterocycles. The van der Waals surface area contributed by atoms with E-state index in [1.807, 2.05) is 12.1 Å². The molecule has 2 unspecified atom stereocenters. The smallest absolute Gasteiger partial charge is 0.315 e. The normalized spacial score (nSPS) is 18.7. The zero-order valence-electron chi connectivity index (χ0n) is 22.7. The fourth-order valence-electron chi connectivity index (χ4n) is 5.45. The Morgan fingerprint density at radius 2 is 1.97 bits per heavy atom. The third-order valence-corrected chi connectivity index (χ3v) is 7.13. The van der Waals surface area contributed by atoms with E-state index in [-0.39, 0.29) is 42.1 Å². The first-order chi connectivity index (χ1) is 18.8. The third-order valence-electron chi connectivity index (χ3n) is 7.13. The van der Waals surface area contributed by atoms with Gasteiger partial charge in [-0.2, -0.15) is 5.26 Å². The number of ketones is 1. The van der Waals surface area contributed by atoms with E-state index in [1.165, 1.54) is 6.07 Å². The summed E-state index contributed by atoms with van der Waals surface area (Å²) in [6.45, 7) is 5.97. The van der Waals surface area contributed by atoms with Gasteiger partial charge in [-0.3, -0.25) is 14.9 Å². The number of nitriles is 1. The molecule has 9 nitrogen and oxygen atoms in total. The maximum atomic E-state index is 13.4. The molecule has 0 fully saturated rings. The Labute approximate surface area is 228 Å². The predicted octanol–water partition coefficient (Wildman–Crippen LogP) is 6.10. The highest BCUT2D eigenvalue weighted by Gasteiger charge is 2.39. The molecule has 0 bridgehead atoms. The van der Waals surface area contributed by atoms with Crippen LogP contribution in [0, 0.1) is 27.4 Å². The molecule has 0 saturated carbocycles. The van der Waals surface area contributed by atoms with Crippen molar-refractivity contribution in [2.24, 2.45) is 5.92 Å². The molecule has 1 N–H and O–H groups in total. The topological polar surface area (TPSA) is 124 Å². The Morgan fingerprint density at radius 3 is 2.64 bits per heavy atom. The Balaban J connectivity index is 1.81. The number of carbonyl (C=O) groups excluding carboxylic acids is 1. The minimum Gasteiger partial charge on any atom is -0.497 e. The van der Waals surface area contributed by atoms with E-state index in [9.17, 15) is 20.2 Å². The number of carbonyl (C=O) groups is 1. The summed E-state index contributed by atoms with van der Waals surface area (Å²) in [4.78, 5) is 25.2. The zero-order valence-corrected chi connectivity index (χ0v) is 22.7. The average molecular weight is 532 g/mol. The van der Waals surface area contributed by atoms with Crippen LogP contribution in [0.2, 0.25) is 0 Å². The first-order valence-electron chi connectivity index (χ1n) is 13.2. The van der Waals surface area contributed by atoms with Crippen LogP contribution in [0.5, 0.6) is 17.2 Å². The van der Waals surface area contributed by atoms with Gasteiger partial charge in [-0.05, 0) is 61.9 Å². The minimum atomic E-state index is -0.730.